The van der Waals surface area contributed by atoms with Crippen molar-refractivity contribution in [2.75, 3.05) is 0 Å². The van der Waals surface area contributed by atoms with Gasteiger partial charge in [0, 0.05) is 0 Å². The third-order valence-electron chi connectivity index (χ3n) is 0. The second kappa shape index (κ2) is 15.6. The average molecular weight is 163 g/mol. The molecule has 0 aromatic carbocycles. The molecule has 3 N–H and O–H groups in total. The summed E-state index contributed by atoms with van der Waals surface area (Å²) in [6, 6.07) is 0. The first-order valence-electron chi connectivity index (χ1n) is 0.565. The predicted molar refractivity (Wildman–Crippen MR) is 26.7 cm³/mol. The zero-order valence-electron chi connectivity index (χ0n) is 2.92. The third kappa shape index (κ3) is 87.8. The molecule has 0 radical (unpaired) electrons. The second-order valence-corrected chi connectivity index (χ2v) is 0.238. The van der Waals surface area contributed by atoms with Crippen molar-refractivity contribution in [3.05, 3.63) is 10.1 Å². The minimum atomic E-state index is -1.50. The van der Waals surface area contributed by atoms with Crippen LogP contribution in [0.2, 0.25) is 0 Å². The summed E-state index contributed by atoms with van der Waals surface area (Å²) in [5, 5.41) is 13.6. The van der Waals surface area contributed by atoms with Crippen LogP contribution in [0.15, 0.2) is 0 Å². The van der Waals surface area contributed by atoms with Gasteiger partial charge in [-0.05, 0) is 0 Å². The van der Waals surface area contributed by atoms with E-state index in [1.807, 2.05) is 0 Å². The van der Waals surface area contributed by atoms with Crippen molar-refractivity contribution in [2.45, 2.75) is 0 Å². The van der Waals surface area contributed by atoms with E-state index >= 15 is 0 Å². The molecule has 0 saturated heterocycles. The standard InChI is InChI=1S/2Ca.HNO3.H2O.2H/c;;2-1(3)4;;;/h;;(H,2,3,4);1H2;;/q;+2;;;;. The summed E-state index contributed by atoms with van der Waals surface area (Å²) in [7, 11) is 0. The molecule has 0 aliphatic heterocycles. The van der Waals surface area contributed by atoms with E-state index in [1.54, 1.807) is 0 Å². The van der Waals surface area contributed by atoms with Crippen LogP contribution < -0.4 is 0 Å². The van der Waals surface area contributed by atoms with Crippen LogP contribution in [-0.2, 0) is 0 Å². The van der Waals surface area contributed by atoms with Gasteiger partial charge in [-0.15, -0.1) is 10.1 Å². The molecule has 0 fully saturated rings. The zero-order chi connectivity index (χ0) is 3.58. The van der Waals surface area contributed by atoms with Crippen molar-refractivity contribution < 1.29 is 15.8 Å². The summed E-state index contributed by atoms with van der Waals surface area (Å²) in [6.07, 6.45) is 0. The van der Waals surface area contributed by atoms with E-state index < -0.39 is 5.09 Å². The van der Waals surface area contributed by atoms with Gasteiger partial charge in [0.05, 0.1) is 0 Å². The summed E-state index contributed by atoms with van der Waals surface area (Å²) in [6.45, 7) is 0. The third-order valence-corrected chi connectivity index (χ3v) is 0. The Hall–Kier alpha value is 1.68. The van der Waals surface area contributed by atoms with Gasteiger partial charge in [-0.25, -0.2) is 0 Å². The van der Waals surface area contributed by atoms with Crippen LogP contribution >= 0.6 is 0 Å². The topological polar surface area (TPSA) is 94.9 Å². The Morgan fingerprint density at radius 2 is 1.57 bits per heavy atom. The molecular formula is H5Ca2NO4+2. The van der Waals surface area contributed by atoms with E-state index in [9.17, 15) is 0 Å². The molecular weight excluding hydrogens is 158 g/mol. The van der Waals surface area contributed by atoms with E-state index in [0.29, 0.717) is 0 Å². The first-order valence-corrected chi connectivity index (χ1v) is 0.565. The van der Waals surface area contributed by atoms with Crippen molar-refractivity contribution in [3.8, 4) is 0 Å². The maximum absolute atomic E-state index is 8.36. The molecule has 7 heavy (non-hydrogen) atoms. The summed E-state index contributed by atoms with van der Waals surface area (Å²) in [5.74, 6) is 0. The van der Waals surface area contributed by atoms with Crippen LogP contribution in [0.4, 0.5) is 0 Å². The van der Waals surface area contributed by atoms with Gasteiger partial charge in [0.15, 0.2) is 0 Å². The molecule has 0 atom stereocenters. The Labute approximate surface area is 99.5 Å². The number of rotatable bonds is 0. The van der Waals surface area contributed by atoms with Crippen molar-refractivity contribution in [2.24, 2.45) is 0 Å². The SMILES string of the molecule is O.O=[N+]([O-])O.[Ca+2].[CaH2]. The number of nitrogens with zero attached hydrogens (tertiary/aromatic N) is 1. The van der Waals surface area contributed by atoms with E-state index in [-0.39, 0.29) is 81.0 Å². The molecule has 0 heterocycles. The van der Waals surface area contributed by atoms with Crippen molar-refractivity contribution in [1.29, 1.82) is 0 Å². The molecule has 36 valence electrons. The Bertz CT molecular complexity index is 32.7. The monoisotopic (exact) mass is 163 g/mol. The molecule has 0 bridgehead atoms. The molecule has 0 saturated carbocycles. The van der Waals surface area contributed by atoms with Crippen LogP contribution in [0.3, 0.4) is 0 Å². The number of hydrogen-bond donors (Lipinski definition) is 1. The van der Waals surface area contributed by atoms with Gasteiger partial charge in [0.1, 0.15) is 0 Å². The zero-order valence-corrected chi connectivity index (χ0v) is 5.13. The van der Waals surface area contributed by atoms with Gasteiger partial charge in [-0.2, -0.15) is 0 Å². The molecule has 5 nitrogen and oxygen atoms in total. The average Bonchev–Trinajstić information content (AvgIpc) is 0.811. The Balaban J connectivity index is -0.0000000150. The van der Waals surface area contributed by atoms with Crippen molar-refractivity contribution >= 4 is 75.5 Å². The van der Waals surface area contributed by atoms with E-state index in [1.165, 1.54) is 0 Å². The molecule has 0 aromatic rings. The fourth-order valence-corrected chi connectivity index (χ4v) is 0. The fraction of sp³-hybridized carbons (Fsp3) is 0. The molecule has 0 aromatic heterocycles. The van der Waals surface area contributed by atoms with Gasteiger partial charge in [0.2, 0.25) is 0 Å². The maximum atomic E-state index is 8.36. The van der Waals surface area contributed by atoms with Gasteiger partial charge >= 0.3 is 75.5 Å². The van der Waals surface area contributed by atoms with Gasteiger partial charge in [0.25, 0.3) is 5.09 Å². The molecule has 0 aliphatic carbocycles. The molecule has 0 rings (SSSR count). The summed E-state index contributed by atoms with van der Waals surface area (Å²) in [4.78, 5) is 8.36. The van der Waals surface area contributed by atoms with Crippen LogP contribution in [-0.4, -0.2) is 91.2 Å². The van der Waals surface area contributed by atoms with Crippen LogP contribution in [0, 0.1) is 10.1 Å². The van der Waals surface area contributed by atoms with E-state index in [0.717, 1.165) is 0 Å². The van der Waals surface area contributed by atoms with Crippen LogP contribution in [0.5, 0.6) is 0 Å². The number of hydrogen-bond acceptors (Lipinski definition) is 2. The van der Waals surface area contributed by atoms with E-state index in [2.05, 4.69) is 0 Å². The van der Waals surface area contributed by atoms with Crippen molar-refractivity contribution in [3.63, 3.8) is 0 Å². The van der Waals surface area contributed by atoms with Gasteiger partial charge in [-0.1, -0.05) is 0 Å². The second-order valence-electron chi connectivity index (χ2n) is 0.238. The fourth-order valence-electron chi connectivity index (χ4n) is 0. The molecule has 0 aliphatic rings. The molecule has 0 spiro atoms. The normalized spacial score (nSPS) is 3.43. The van der Waals surface area contributed by atoms with Crippen molar-refractivity contribution in [1.82, 2.24) is 0 Å². The summed E-state index contributed by atoms with van der Waals surface area (Å²) >= 11 is 0. The minimum absolute atomic E-state index is 0. The Morgan fingerprint density at radius 3 is 1.57 bits per heavy atom. The first kappa shape index (κ1) is 23.4. The molecule has 7 heteroatoms. The molecule has 0 amide bonds. The quantitative estimate of drug-likeness (QED) is 0.243. The first-order chi connectivity index (χ1) is 1.73. The van der Waals surface area contributed by atoms with Gasteiger partial charge in [-0.3, -0.25) is 0 Å². The predicted octanol–water partition coefficient (Wildman–Crippen LogP) is -2.47. The summed E-state index contributed by atoms with van der Waals surface area (Å²) in [5.41, 5.74) is 0. The van der Waals surface area contributed by atoms with Crippen LogP contribution in [0.1, 0.15) is 0 Å². The van der Waals surface area contributed by atoms with Crippen LogP contribution in [0.25, 0.3) is 0 Å². The summed E-state index contributed by atoms with van der Waals surface area (Å²) < 4.78 is 0. The molecule has 0 unspecified atom stereocenters. The van der Waals surface area contributed by atoms with E-state index in [4.69, 9.17) is 15.3 Å². The Kier molecular flexibility index (Phi) is 52.2. The van der Waals surface area contributed by atoms with Gasteiger partial charge < -0.3 is 10.7 Å². The Morgan fingerprint density at radius 1 is 1.57 bits per heavy atom.